The molecule has 0 saturated heterocycles. The molecule has 0 bridgehead atoms. The van der Waals surface area contributed by atoms with Crippen LogP contribution in [0.4, 0.5) is 0 Å². The van der Waals surface area contributed by atoms with E-state index >= 15 is 0 Å². The predicted octanol–water partition coefficient (Wildman–Crippen LogP) is 4.04. The van der Waals surface area contributed by atoms with Gasteiger partial charge in [-0.25, -0.2) is 4.98 Å². The van der Waals surface area contributed by atoms with Crippen LogP contribution in [0.1, 0.15) is 34.7 Å². The van der Waals surface area contributed by atoms with E-state index in [1.165, 1.54) is 16.9 Å². The van der Waals surface area contributed by atoms with Crippen LogP contribution in [0.25, 0.3) is 22.4 Å². The maximum absolute atomic E-state index is 12.5. The molecule has 24 heavy (non-hydrogen) atoms. The molecule has 5 heteroatoms. The van der Waals surface area contributed by atoms with Crippen molar-refractivity contribution in [3.63, 3.8) is 0 Å². The topological polar surface area (TPSA) is 55.0 Å². The Labute approximate surface area is 143 Å². The Balaban J connectivity index is 1.72. The van der Waals surface area contributed by atoms with Crippen molar-refractivity contribution in [1.82, 2.24) is 9.97 Å². The molecule has 3 aromatic rings. The molecule has 0 atom stereocenters. The number of aromatic amines is 1. The van der Waals surface area contributed by atoms with Gasteiger partial charge < -0.3 is 9.72 Å². The molecular weight excluding hydrogens is 320 g/mol. The van der Waals surface area contributed by atoms with Crippen LogP contribution in [0.15, 0.2) is 29.1 Å². The lowest BCUT2D eigenvalue weighted by molar-refractivity contribution is 0.414. The van der Waals surface area contributed by atoms with E-state index in [1.54, 1.807) is 18.4 Å². The van der Waals surface area contributed by atoms with Crippen molar-refractivity contribution in [1.29, 1.82) is 0 Å². The average Bonchev–Trinajstić information content (AvgIpc) is 2.99. The highest BCUT2D eigenvalue weighted by molar-refractivity contribution is 7.18. The number of hydrogen-bond donors (Lipinski definition) is 1. The molecule has 0 amide bonds. The van der Waals surface area contributed by atoms with Crippen LogP contribution in [0.3, 0.4) is 0 Å². The average molecular weight is 338 g/mol. The van der Waals surface area contributed by atoms with Crippen molar-refractivity contribution in [3.05, 3.63) is 56.4 Å². The largest absolute Gasteiger partial charge is 0.497 e. The Morgan fingerprint density at radius 3 is 3.00 bits per heavy atom. The number of ether oxygens (including phenoxy) is 1. The smallest absolute Gasteiger partial charge is 0.260 e. The summed E-state index contributed by atoms with van der Waals surface area (Å²) < 4.78 is 5.22. The molecule has 2 aromatic heterocycles. The van der Waals surface area contributed by atoms with Crippen molar-refractivity contribution in [2.24, 2.45) is 0 Å². The summed E-state index contributed by atoms with van der Waals surface area (Å²) in [6, 6.07) is 7.77. The molecular formula is C19H18N2O2S. The lowest BCUT2D eigenvalue weighted by Crippen LogP contribution is -2.11. The molecule has 0 fully saturated rings. The van der Waals surface area contributed by atoms with Crippen LogP contribution in [0.2, 0.25) is 0 Å². The molecule has 1 N–H and O–H groups in total. The number of nitrogens with one attached hydrogen (secondary N) is 1. The standard InChI is InChI=1S/C19H18N2O2S/c1-23-13-6-4-5-12(11-13)9-10-16-20-18(22)17-14-7-2-3-8-15(14)24-19(17)21-16/h4-6,9-11H,2-3,7-8H2,1H3,(H,20,21,22)/b10-9+. The van der Waals surface area contributed by atoms with Crippen LogP contribution in [-0.2, 0) is 12.8 Å². The molecule has 0 spiro atoms. The third-order valence-electron chi connectivity index (χ3n) is 4.37. The monoisotopic (exact) mass is 338 g/mol. The van der Waals surface area contributed by atoms with Crippen LogP contribution >= 0.6 is 11.3 Å². The first kappa shape index (κ1) is 15.1. The van der Waals surface area contributed by atoms with Crippen LogP contribution < -0.4 is 10.3 Å². The summed E-state index contributed by atoms with van der Waals surface area (Å²) in [6.07, 6.45) is 8.22. The molecule has 0 radical (unpaired) electrons. The highest BCUT2D eigenvalue weighted by atomic mass is 32.1. The fourth-order valence-electron chi connectivity index (χ4n) is 3.18. The van der Waals surface area contributed by atoms with Crippen molar-refractivity contribution in [2.75, 3.05) is 7.11 Å². The van der Waals surface area contributed by atoms with Gasteiger partial charge in [-0.15, -0.1) is 11.3 Å². The first-order chi connectivity index (χ1) is 11.7. The van der Waals surface area contributed by atoms with Gasteiger partial charge in [-0.1, -0.05) is 18.2 Å². The Morgan fingerprint density at radius 2 is 2.12 bits per heavy atom. The van der Waals surface area contributed by atoms with Gasteiger partial charge in [0.05, 0.1) is 12.5 Å². The first-order valence-corrected chi connectivity index (χ1v) is 8.93. The van der Waals surface area contributed by atoms with Gasteiger partial charge in [0.25, 0.3) is 5.56 Å². The third kappa shape index (κ3) is 2.76. The lowest BCUT2D eigenvalue weighted by atomic mass is 9.97. The number of benzene rings is 1. The molecule has 122 valence electrons. The van der Waals surface area contributed by atoms with E-state index in [0.717, 1.165) is 40.8 Å². The number of H-pyrrole nitrogens is 1. The number of aromatic nitrogens is 2. The quantitative estimate of drug-likeness (QED) is 0.784. The minimum atomic E-state index is -0.0234. The number of nitrogens with zero attached hydrogens (tertiary/aromatic N) is 1. The molecule has 4 rings (SSSR count). The van der Waals surface area contributed by atoms with Crippen molar-refractivity contribution >= 4 is 33.7 Å². The number of methoxy groups -OCH3 is 1. The van der Waals surface area contributed by atoms with E-state index in [9.17, 15) is 4.79 Å². The maximum Gasteiger partial charge on any atom is 0.260 e. The summed E-state index contributed by atoms with van der Waals surface area (Å²) in [5, 5.41) is 0.799. The molecule has 2 heterocycles. The van der Waals surface area contributed by atoms with Gasteiger partial charge in [-0.3, -0.25) is 4.79 Å². The van der Waals surface area contributed by atoms with Crippen molar-refractivity contribution in [3.8, 4) is 5.75 Å². The minimum absolute atomic E-state index is 0.0234. The molecule has 1 aliphatic rings. The van der Waals surface area contributed by atoms with E-state index in [2.05, 4.69) is 9.97 Å². The summed E-state index contributed by atoms with van der Waals surface area (Å²) in [5.41, 5.74) is 2.20. The minimum Gasteiger partial charge on any atom is -0.497 e. The summed E-state index contributed by atoms with van der Waals surface area (Å²) in [5.74, 6) is 1.40. The normalized spacial score (nSPS) is 14.2. The van der Waals surface area contributed by atoms with E-state index < -0.39 is 0 Å². The third-order valence-corrected chi connectivity index (χ3v) is 5.56. The zero-order chi connectivity index (χ0) is 16.5. The van der Waals surface area contributed by atoms with Gasteiger partial charge in [-0.2, -0.15) is 0 Å². The molecule has 0 saturated carbocycles. The zero-order valence-corrected chi connectivity index (χ0v) is 14.3. The highest BCUT2D eigenvalue weighted by Gasteiger charge is 2.19. The molecule has 4 nitrogen and oxygen atoms in total. The van der Waals surface area contributed by atoms with Gasteiger partial charge in [0.15, 0.2) is 0 Å². The molecule has 0 unspecified atom stereocenters. The highest BCUT2D eigenvalue weighted by Crippen LogP contribution is 2.33. The Bertz CT molecular complexity index is 985. The van der Waals surface area contributed by atoms with E-state index in [1.807, 2.05) is 36.4 Å². The fourth-order valence-corrected chi connectivity index (χ4v) is 4.45. The Morgan fingerprint density at radius 1 is 1.25 bits per heavy atom. The number of fused-ring (bicyclic) bond motifs is 3. The Hall–Kier alpha value is -2.40. The fraction of sp³-hybridized carbons (Fsp3) is 0.263. The van der Waals surface area contributed by atoms with E-state index in [-0.39, 0.29) is 5.56 Å². The number of aryl methyl sites for hydroxylation is 2. The lowest BCUT2D eigenvalue weighted by Gasteiger charge is -2.09. The van der Waals surface area contributed by atoms with Crippen LogP contribution in [0.5, 0.6) is 5.75 Å². The van der Waals surface area contributed by atoms with Crippen molar-refractivity contribution in [2.45, 2.75) is 25.7 Å². The first-order valence-electron chi connectivity index (χ1n) is 8.11. The van der Waals surface area contributed by atoms with Crippen LogP contribution in [0, 0.1) is 0 Å². The molecule has 0 aliphatic heterocycles. The van der Waals surface area contributed by atoms with E-state index in [0.29, 0.717) is 5.82 Å². The van der Waals surface area contributed by atoms with E-state index in [4.69, 9.17) is 4.74 Å². The number of thiophene rings is 1. The van der Waals surface area contributed by atoms with Gasteiger partial charge >= 0.3 is 0 Å². The maximum atomic E-state index is 12.5. The van der Waals surface area contributed by atoms with Crippen LogP contribution in [-0.4, -0.2) is 17.1 Å². The second-order valence-electron chi connectivity index (χ2n) is 5.95. The Kier molecular flexibility index (Phi) is 3.94. The van der Waals surface area contributed by atoms with Gasteiger partial charge in [0, 0.05) is 4.88 Å². The predicted molar refractivity (Wildman–Crippen MR) is 98.8 cm³/mol. The number of rotatable bonds is 3. The van der Waals surface area contributed by atoms with Gasteiger partial charge in [0.1, 0.15) is 16.4 Å². The molecule has 1 aliphatic carbocycles. The second-order valence-corrected chi connectivity index (χ2v) is 7.04. The summed E-state index contributed by atoms with van der Waals surface area (Å²) in [7, 11) is 1.65. The SMILES string of the molecule is COc1cccc(/C=C/c2nc3sc4c(c3c(=O)[nH]2)CCCC4)c1. The van der Waals surface area contributed by atoms with Gasteiger partial charge in [0.2, 0.25) is 0 Å². The molecule has 1 aromatic carbocycles. The summed E-state index contributed by atoms with van der Waals surface area (Å²) in [6.45, 7) is 0. The zero-order valence-electron chi connectivity index (χ0n) is 13.5. The summed E-state index contributed by atoms with van der Waals surface area (Å²) in [4.78, 5) is 22.2. The van der Waals surface area contributed by atoms with Gasteiger partial charge in [-0.05, 0) is 55.0 Å². The number of hydrogen-bond acceptors (Lipinski definition) is 4. The van der Waals surface area contributed by atoms with Crippen molar-refractivity contribution < 1.29 is 4.74 Å². The second kappa shape index (κ2) is 6.24. The summed E-state index contributed by atoms with van der Waals surface area (Å²) >= 11 is 1.67.